The standard InChI is InChI=1S/C28H37N3O7/c32-19-20-8-10-21(11-9-20)25-17-24(18-31-12-14-36-15-13-31)37-28(38-25)22-4-3-5-23(16-22)29-26(33)6-1-2-7-27(34)30-35/h3-5,8-11,16,24-25,28,32,35H,1-2,6-7,12-15,17-19H2,(H,29,33)(H,30,34)/t24-,25+,28+/m1/s1. The maximum Gasteiger partial charge on any atom is 0.243 e. The average Bonchev–Trinajstić information content (AvgIpc) is 2.95. The van der Waals surface area contributed by atoms with E-state index in [0.29, 0.717) is 24.9 Å². The summed E-state index contributed by atoms with van der Waals surface area (Å²) in [5, 5.41) is 20.9. The van der Waals surface area contributed by atoms with Gasteiger partial charge in [0, 0.05) is 50.1 Å². The monoisotopic (exact) mass is 527 g/mol. The summed E-state index contributed by atoms with van der Waals surface area (Å²) in [6.07, 6.45) is 1.36. The Balaban J connectivity index is 1.42. The second-order valence-corrected chi connectivity index (χ2v) is 9.68. The summed E-state index contributed by atoms with van der Waals surface area (Å²) in [6.45, 7) is 3.94. The number of carbonyl (C=O) groups is 2. The topological polar surface area (TPSA) is 130 Å². The number of nitrogens with one attached hydrogen (secondary N) is 2. The lowest BCUT2D eigenvalue weighted by Gasteiger charge is -2.39. The number of unbranched alkanes of at least 4 members (excludes halogenated alkanes) is 1. The number of hydrogen-bond donors (Lipinski definition) is 4. The largest absolute Gasteiger partial charge is 0.392 e. The maximum absolute atomic E-state index is 12.4. The van der Waals surface area contributed by atoms with Crippen LogP contribution in [0, 0.1) is 0 Å². The van der Waals surface area contributed by atoms with Crippen LogP contribution in [0.4, 0.5) is 5.69 Å². The van der Waals surface area contributed by atoms with E-state index in [-0.39, 0.29) is 37.6 Å². The minimum atomic E-state index is -0.605. The molecular formula is C28H37N3O7. The number of benzene rings is 2. The van der Waals surface area contributed by atoms with Crippen LogP contribution in [-0.4, -0.2) is 66.0 Å². The van der Waals surface area contributed by atoms with Gasteiger partial charge >= 0.3 is 0 Å². The lowest BCUT2D eigenvalue weighted by Crippen LogP contribution is -2.44. The number of ether oxygens (including phenoxy) is 3. The molecule has 0 aromatic heterocycles. The van der Waals surface area contributed by atoms with E-state index in [0.717, 1.165) is 49.5 Å². The van der Waals surface area contributed by atoms with Crippen molar-refractivity contribution in [2.45, 2.75) is 57.2 Å². The van der Waals surface area contributed by atoms with Gasteiger partial charge in [-0.25, -0.2) is 5.48 Å². The number of carbonyl (C=O) groups excluding carboxylic acids is 2. The van der Waals surface area contributed by atoms with Crippen molar-refractivity contribution < 1.29 is 34.1 Å². The van der Waals surface area contributed by atoms with Crippen LogP contribution in [-0.2, 0) is 30.4 Å². The number of hydroxylamine groups is 1. The van der Waals surface area contributed by atoms with Crippen molar-refractivity contribution in [3.63, 3.8) is 0 Å². The third kappa shape index (κ3) is 8.32. The summed E-state index contributed by atoms with van der Waals surface area (Å²) < 4.78 is 18.3. The zero-order chi connectivity index (χ0) is 26.7. The molecule has 38 heavy (non-hydrogen) atoms. The molecule has 2 amide bonds. The molecule has 4 rings (SSSR count). The molecule has 0 radical (unpaired) electrons. The van der Waals surface area contributed by atoms with Crippen molar-refractivity contribution in [1.82, 2.24) is 10.4 Å². The van der Waals surface area contributed by atoms with Gasteiger partial charge in [-0.3, -0.25) is 19.7 Å². The maximum atomic E-state index is 12.4. The van der Waals surface area contributed by atoms with Gasteiger partial charge in [-0.05, 0) is 36.1 Å². The molecule has 10 nitrogen and oxygen atoms in total. The first-order valence-electron chi connectivity index (χ1n) is 13.2. The number of morpholine rings is 1. The van der Waals surface area contributed by atoms with Crippen LogP contribution in [0.25, 0.3) is 0 Å². The highest BCUT2D eigenvalue weighted by atomic mass is 16.7. The zero-order valence-electron chi connectivity index (χ0n) is 21.5. The first kappa shape index (κ1) is 28.2. The number of anilines is 1. The fourth-order valence-corrected chi connectivity index (χ4v) is 4.72. The molecule has 2 saturated heterocycles. The van der Waals surface area contributed by atoms with Gasteiger partial charge in [-0.1, -0.05) is 36.4 Å². The Bertz CT molecular complexity index is 1040. The highest BCUT2D eigenvalue weighted by Crippen LogP contribution is 2.38. The summed E-state index contributed by atoms with van der Waals surface area (Å²) in [5.41, 5.74) is 4.93. The number of rotatable bonds is 11. The number of aliphatic hydroxyl groups is 1. The van der Waals surface area contributed by atoms with Crippen molar-refractivity contribution in [1.29, 1.82) is 0 Å². The van der Waals surface area contributed by atoms with E-state index in [2.05, 4.69) is 10.2 Å². The smallest absolute Gasteiger partial charge is 0.243 e. The minimum Gasteiger partial charge on any atom is -0.392 e. The summed E-state index contributed by atoms with van der Waals surface area (Å²) in [4.78, 5) is 25.9. The molecule has 206 valence electrons. The molecule has 2 heterocycles. The first-order chi connectivity index (χ1) is 18.5. The van der Waals surface area contributed by atoms with Crippen molar-refractivity contribution >= 4 is 17.5 Å². The van der Waals surface area contributed by atoms with Gasteiger partial charge < -0.3 is 24.6 Å². The van der Waals surface area contributed by atoms with Crippen LogP contribution in [0.2, 0.25) is 0 Å². The molecular weight excluding hydrogens is 490 g/mol. The third-order valence-corrected chi connectivity index (χ3v) is 6.81. The summed E-state index contributed by atoms with van der Waals surface area (Å²) in [5.74, 6) is -0.607. The molecule has 0 spiro atoms. The zero-order valence-corrected chi connectivity index (χ0v) is 21.5. The Hall–Kier alpha value is -2.86. The van der Waals surface area contributed by atoms with Crippen LogP contribution in [0.3, 0.4) is 0 Å². The van der Waals surface area contributed by atoms with Gasteiger partial charge in [0.25, 0.3) is 0 Å². The fourth-order valence-electron chi connectivity index (χ4n) is 4.72. The third-order valence-electron chi connectivity index (χ3n) is 6.81. The van der Waals surface area contributed by atoms with E-state index < -0.39 is 12.2 Å². The molecule has 0 unspecified atom stereocenters. The highest BCUT2D eigenvalue weighted by Gasteiger charge is 2.33. The van der Waals surface area contributed by atoms with Gasteiger partial charge in [0.1, 0.15) is 0 Å². The first-order valence-corrected chi connectivity index (χ1v) is 13.2. The van der Waals surface area contributed by atoms with Gasteiger partial charge in [-0.15, -0.1) is 0 Å². The van der Waals surface area contributed by atoms with E-state index in [1.807, 2.05) is 48.5 Å². The van der Waals surface area contributed by atoms with Crippen molar-refractivity contribution in [2.75, 3.05) is 38.2 Å². The SMILES string of the molecule is O=C(CCCCC(=O)Nc1cccc([C@H]2O[C@@H](CN3CCOCC3)C[C@@H](c3ccc(CO)cc3)O2)c1)NO. The minimum absolute atomic E-state index is 0.00625. The normalized spacial score (nSPS) is 22.1. The molecule has 2 fully saturated rings. The number of aliphatic hydroxyl groups excluding tert-OH is 1. The van der Waals surface area contributed by atoms with E-state index in [4.69, 9.17) is 19.4 Å². The van der Waals surface area contributed by atoms with E-state index in [1.165, 1.54) is 0 Å². The van der Waals surface area contributed by atoms with Crippen molar-refractivity contribution in [2.24, 2.45) is 0 Å². The van der Waals surface area contributed by atoms with Crippen LogP contribution < -0.4 is 10.8 Å². The Kier molecular flexibility index (Phi) is 10.6. The Morgan fingerprint density at radius 1 is 0.947 bits per heavy atom. The molecule has 0 bridgehead atoms. The summed E-state index contributed by atoms with van der Waals surface area (Å²) in [6, 6.07) is 15.3. The molecule has 2 aromatic carbocycles. The predicted octanol–water partition coefficient (Wildman–Crippen LogP) is 3.06. The van der Waals surface area contributed by atoms with E-state index in [1.54, 1.807) is 5.48 Å². The molecule has 3 atom stereocenters. The Morgan fingerprint density at radius 3 is 2.39 bits per heavy atom. The van der Waals surface area contributed by atoms with Crippen LogP contribution in [0.1, 0.15) is 61.2 Å². The molecule has 2 aliphatic rings. The molecule has 4 N–H and O–H groups in total. The Labute approximate surface area is 222 Å². The quantitative estimate of drug-likeness (QED) is 0.199. The molecule has 2 aromatic rings. The number of hydrogen-bond acceptors (Lipinski definition) is 8. The van der Waals surface area contributed by atoms with Crippen LogP contribution in [0.15, 0.2) is 48.5 Å². The molecule has 10 heteroatoms. The van der Waals surface area contributed by atoms with Gasteiger partial charge in [-0.2, -0.15) is 0 Å². The number of nitrogens with zero attached hydrogens (tertiary/aromatic N) is 1. The molecule has 0 saturated carbocycles. The lowest BCUT2D eigenvalue weighted by atomic mass is 9.99. The van der Waals surface area contributed by atoms with E-state index >= 15 is 0 Å². The highest BCUT2D eigenvalue weighted by molar-refractivity contribution is 5.90. The second kappa shape index (κ2) is 14.3. The lowest BCUT2D eigenvalue weighted by molar-refractivity contribution is -0.253. The van der Waals surface area contributed by atoms with Crippen LogP contribution in [0.5, 0.6) is 0 Å². The average molecular weight is 528 g/mol. The van der Waals surface area contributed by atoms with Gasteiger partial charge in [0.05, 0.1) is 32.0 Å². The fraction of sp³-hybridized carbons (Fsp3) is 0.500. The second-order valence-electron chi connectivity index (χ2n) is 9.68. The van der Waals surface area contributed by atoms with Gasteiger partial charge in [0.2, 0.25) is 11.8 Å². The van der Waals surface area contributed by atoms with E-state index in [9.17, 15) is 14.7 Å². The summed E-state index contributed by atoms with van der Waals surface area (Å²) in [7, 11) is 0. The number of amides is 2. The van der Waals surface area contributed by atoms with Crippen molar-refractivity contribution in [3.8, 4) is 0 Å². The Morgan fingerprint density at radius 2 is 1.68 bits per heavy atom. The van der Waals surface area contributed by atoms with Gasteiger partial charge in [0.15, 0.2) is 6.29 Å². The predicted molar refractivity (Wildman–Crippen MR) is 139 cm³/mol. The summed E-state index contributed by atoms with van der Waals surface area (Å²) >= 11 is 0. The van der Waals surface area contributed by atoms with Crippen molar-refractivity contribution in [3.05, 3.63) is 65.2 Å². The molecule has 0 aliphatic carbocycles. The van der Waals surface area contributed by atoms with Crippen LogP contribution >= 0.6 is 0 Å². The molecule has 2 aliphatic heterocycles.